The first-order chi connectivity index (χ1) is 16.3. The van der Waals surface area contributed by atoms with E-state index in [0.29, 0.717) is 6.61 Å². The van der Waals surface area contributed by atoms with Gasteiger partial charge in [0.2, 0.25) is 0 Å². The van der Waals surface area contributed by atoms with Crippen molar-refractivity contribution < 1.29 is 9.16 Å². The highest BCUT2D eigenvalue weighted by Crippen LogP contribution is 2.36. The largest absolute Gasteiger partial charge is 0.404 e. The third kappa shape index (κ3) is 7.53. The number of allylic oxidation sites excluding steroid dienone is 2. The molecule has 2 rings (SSSR count). The van der Waals surface area contributed by atoms with Crippen LogP contribution in [-0.2, 0) is 9.16 Å². The van der Waals surface area contributed by atoms with Crippen molar-refractivity contribution in [2.24, 2.45) is 0 Å². The predicted molar refractivity (Wildman–Crippen MR) is 151 cm³/mol. The molecular formula is C31H46O2Si. The van der Waals surface area contributed by atoms with Crippen LogP contribution in [0.25, 0.3) is 0 Å². The molecule has 0 aliphatic rings. The van der Waals surface area contributed by atoms with E-state index in [1.807, 2.05) is 7.11 Å². The second-order valence-electron chi connectivity index (χ2n) is 10.4. The molecule has 0 amide bonds. The Hall–Kier alpha value is -1.94. The Morgan fingerprint density at radius 2 is 1.47 bits per heavy atom. The van der Waals surface area contributed by atoms with Crippen LogP contribution in [-0.4, -0.2) is 28.1 Å². The molecule has 0 heterocycles. The van der Waals surface area contributed by atoms with Crippen molar-refractivity contribution in [1.82, 2.24) is 0 Å². The van der Waals surface area contributed by atoms with E-state index in [1.54, 1.807) is 0 Å². The summed E-state index contributed by atoms with van der Waals surface area (Å²) in [5.41, 5.74) is 2.73. The minimum Gasteiger partial charge on any atom is -0.404 e. The van der Waals surface area contributed by atoms with Gasteiger partial charge in [0.1, 0.15) is 0 Å². The Kier molecular flexibility index (Phi) is 11.5. The van der Waals surface area contributed by atoms with Gasteiger partial charge < -0.3 is 9.16 Å². The Morgan fingerprint density at radius 3 is 1.94 bits per heavy atom. The smallest absolute Gasteiger partial charge is 0.261 e. The van der Waals surface area contributed by atoms with Crippen molar-refractivity contribution >= 4 is 18.7 Å². The maximum atomic E-state index is 6.99. The summed E-state index contributed by atoms with van der Waals surface area (Å²) in [6, 6.07) is 21.7. The minimum atomic E-state index is -2.47. The molecule has 0 bridgehead atoms. The Bertz CT molecular complexity index is 855. The summed E-state index contributed by atoms with van der Waals surface area (Å²) in [6.07, 6.45) is 10.5. The van der Waals surface area contributed by atoms with Gasteiger partial charge in [-0.15, -0.1) is 0 Å². The first-order valence-electron chi connectivity index (χ1n) is 12.9. The molecule has 34 heavy (non-hydrogen) atoms. The lowest BCUT2D eigenvalue weighted by atomic mass is 10.0. The number of unbranched alkanes of at least 4 members (excludes halogenated alkanes) is 1. The molecular weight excluding hydrogens is 432 g/mol. The van der Waals surface area contributed by atoms with Gasteiger partial charge in [-0.25, -0.2) is 0 Å². The monoisotopic (exact) mass is 478 g/mol. The Morgan fingerprint density at radius 1 is 0.912 bits per heavy atom. The quantitative estimate of drug-likeness (QED) is 0.220. The van der Waals surface area contributed by atoms with E-state index in [0.717, 1.165) is 19.3 Å². The van der Waals surface area contributed by atoms with Gasteiger partial charge in [0.25, 0.3) is 8.32 Å². The van der Waals surface area contributed by atoms with Crippen LogP contribution in [0.15, 0.2) is 84.0 Å². The van der Waals surface area contributed by atoms with Gasteiger partial charge in [0.05, 0.1) is 12.7 Å². The van der Waals surface area contributed by atoms with Crippen LogP contribution in [0, 0.1) is 0 Å². The summed E-state index contributed by atoms with van der Waals surface area (Å²) >= 11 is 0. The van der Waals surface area contributed by atoms with Crippen molar-refractivity contribution in [2.45, 2.75) is 84.8 Å². The molecule has 0 N–H and O–H groups in total. The molecule has 0 spiro atoms. The highest BCUT2D eigenvalue weighted by Gasteiger charge is 2.49. The van der Waals surface area contributed by atoms with E-state index in [1.165, 1.54) is 34.4 Å². The van der Waals surface area contributed by atoms with Crippen molar-refractivity contribution in [2.75, 3.05) is 13.7 Å². The summed E-state index contributed by atoms with van der Waals surface area (Å²) in [5, 5.41) is 2.66. The van der Waals surface area contributed by atoms with Crippen LogP contribution in [0.3, 0.4) is 0 Å². The van der Waals surface area contributed by atoms with Crippen LogP contribution in [0.4, 0.5) is 0 Å². The van der Waals surface area contributed by atoms with Crippen LogP contribution in [0.5, 0.6) is 0 Å². The number of hydrogen-bond acceptors (Lipinski definition) is 2. The molecule has 0 aliphatic heterocycles. The fourth-order valence-electron chi connectivity index (χ4n) is 4.75. The molecule has 2 aromatic carbocycles. The molecule has 2 aromatic rings. The summed E-state index contributed by atoms with van der Waals surface area (Å²) in [7, 11) is -0.647. The van der Waals surface area contributed by atoms with Gasteiger partial charge in [-0.3, -0.25) is 0 Å². The zero-order valence-electron chi connectivity index (χ0n) is 22.6. The molecule has 0 fully saturated rings. The van der Waals surface area contributed by atoms with Gasteiger partial charge >= 0.3 is 0 Å². The third-order valence-corrected chi connectivity index (χ3v) is 11.8. The van der Waals surface area contributed by atoms with Crippen molar-refractivity contribution in [3.05, 3.63) is 84.0 Å². The fourth-order valence-corrected chi connectivity index (χ4v) is 9.24. The molecule has 0 aromatic heterocycles. The molecule has 0 saturated carbocycles. The zero-order chi connectivity index (χ0) is 25.0. The highest BCUT2D eigenvalue weighted by atomic mass is 28.4. The van der Waals surface area contributed by atoms with Gasteiger partial charge in [-0.2, -0.15) is 0 Å². The summed E-state index contributed by atoms with van der Waals surface area (Å²) in [5.74, 6) is 0. The van der Waals surface area contributed by atoms with Crippen molar-refractivity contribution in [3.63, 3.8) is 0 Å². The summed E-state index contributed by atoms with van der Waals surface area (Å²) in [6.45, 7) is 14.3. The van der Waals surface area contributed by atoms with E-state index >= 15 is 0 Å². The Labute approximate surface area is 210 Å². The average molecular weight is 479 g/mol. The van der Waals surface area contributed by atoms with Crippen molar-refractivity contribution in [3.8, 4) is 0 Å². The molecule has 0 saturated heterocycles. The molecule has 3 heteroatoms. The van der Waals surface area contributed by atoms with Gasteiger partial charge in [0.15, 0.2) is 0 Å². The van der Waals surface area contributed by atoms with E-state index in [-0.39, 0.29) is 11.1 Å². The molecule has 186 valence electrons. The lowest BCUT2D eigenvalue weighted by molar-refractivity contribution is 0.122. The lowest BCUT2D eigenvalue weighted by Crippen LogP contribution is -2.66. The predicted octanol–water partition coefficient (Wildman–Crippen LogP) is 7.44. The first-order valence-corrected chi connectivity index (χ1v) is 14.8. The topological polar surface area (TPSA) is 18.5 Å². The van der Waals surface area contributed by atoms with Crippen molar-refractivity contribution in [1.29, 1.82) is 0 Å². The third-order valence-electron chi connectivity index (χ3n) is 6.77. The lowest BCUT2D eigenvalue weighted by Gasteiger charge is -2.42. The van der Waals surface area contributed by atoms with Crippen LogP contribution < -0.4 is 10.4 Å². The number of rotatable bonds is 13. The maximum Gasteiger partial charge on any atom is 0.261 e. The van der Waals surface area contributed by atoms with Gasteiger partial charge in [-0.05, 0) is 54.1 Å². The molecule has 0 radical (unpaired) electrons. The Balaban J connectivity index is 2.16. The second kappa shape index (κ2) is 13.8. The van der Waals surface area contributed by atoms with Crippen LogP contribution in [0.1, 0.15) is 73.6 Å². The second-order valence-corrected chi connectivity index (χ2v) is 14.7. The summed E-state index contributed by atoms with van der Waals surface area (Å²) < 4.78 is 12.7. The average Bonchev–Trinajstić information content (AvgIpc) is 2.82. The zero-order valence-corrected chi connectivity index (χ0v) is 23.6. The van der Waals surface area contributed by atoms with E-state index in [4.69, 9.17) is 9.16 Å². The number of benzene rings is 2. The molecule has 1 atom stereocenters. The summed E-state index contributed by atoms with van der Waals surface area (Å²) in [4.78, 5) is 0. The first kappa shape index (κ1) is 28.3. The van der Waals surface area contributed by atoms with Gasteiger partial charge in [0, 0.05) is 7.11 Å². The molecule has 1 unspecified atom stereocenters. The fraction of sp³-hybridized carbons (Fsp3) is 0.484. The van der Waals surface area contributed by atoms with Gasteiger partial charge in [-0.1, -0.05) is 119 Å². The van der Waals surface area contributed by atoms with E-state index in [9.17, 15) is 0 Å². The standard InChI is InChI=1S/C31H46O2Si/c1-8-9-23-30(32-7)27(3)18-16-17-26(2)24-25-33-34(31(4,5)6,28-19-12-10-13-20-28)29-21-14-11-15-22-29/h10-15,18-22,24,30H,8-9,16-17,23,25H2,1-7H3/b26-24+,27-18+. The van der Waals surface area contributed by atoms with Crippen LogP contribution in [0.2, 0.25) is 5.04 Å². The number of methoxy groups -OCH3 is 1. The molecule has 0 aliphatic carbocycles. The number of hydrogen-bond donors (Lipinski definition) is 0. The van der Waals surface area contributed by atoms with Crippen LogP contribution >= 0.6 is 0 Å². The molecule has 2 nitrogen and oxygen atoms in total. The highest BCUT2D eigenvalue weighted by molar-refractivity contribution is 6.99. The minimum absolute atomic E-state index is 0.00492. The van der Waals surface area contributed by atoms with E-state index < -0.39 is 8.32 Å². The number of ether oxygens (including phenoxy) is 1. The van der Waals surface area contributed by atoms with E-state index in [2.05, 4.69) is 114 Å². The maximum absolute atomic E-state index is 6.99. The normalized spacial score (nSPS) is 14.3. The SMILES string of the molecule is CCCCC(OC)/C(C)=C/CC/C(C)=C/CO[Si](c1ccccc1)(c1ccccc1)C(C)(C)C.